The molecular formula is C14H17N3O2S. The molecule has 2 heterocycles. The maximum atomic E-state index is 12.1. The number of nitrogens with one attached hydrogen (secondary N) is 1. The number of hydrogen-bond acceptors (Lipinski definition) is 4. The Bertz CT molecular complexity index is 580. The van der Waals surface area contributed by atoms with Gasteiger partial charge in [0.15, 0.2) is 5.16 Å². The van der Waals surface area contributed by atoms with Crippen molar-refractivity contribution in [2.24, 2.45) is 0 Å². The Morgan fingerprint density at radius 3 is 3.20 bits per heavy atom. The number of imidazole rings is 1. The summed E-state index contributed by atoms with van der Waals surface area (Å²) in [5.74, 6) is 0.553. The number of aromatic amines is 1. The summed E-state index contributed by atoms with van der Waals surface area (Å²) in [6.45, 7) is 3.98. The fourth-order valence-electron chi connectivity index (χ4n) is 2.26. The summed E-state index contributed by atoms with van der Waals surface area (Å²) in [7, 11) is 0. The van der Waals surface area contributed by atoms with E-state index in [0.29, 0.717) is 25.4 Å². The number of fused-ring (bicyclic) bond motifs is 1. The van der Waals surface area contributed by atoms with E-state index in [1.807, 2.05) is 36.1 Å². The molecule has 1 aliphatic heterocycles. The predicted octanol–water partition coefficient (Wildman–Crippen LogP) is 1.90. The van der Waals surface area contributed by atoms with Crippen LogP contribution in [0.15, 0.2) is 29.4 Å². The topological polar surface area (TPSA) is 58.2 Å². The number of carbonyl (C=O) groups is 1. The molecular weight excluding hydrogens is 274 g/mol. The van der Waals surface area contributed by atoms with E-state index < -0.39 is 0 Å². The Hall–Kier alpha value is -1.53. The van der Waals surface area contributed by atoms with Gasteiger partial charge in [-0.15, -0.1) is 0 Å². The molecule has 0 radical (unpaired) electrons. The third-order valence-electron chi connectivity index (χ3n) is 3.29. The first kappa shape index (κ1) is 13.5. The summed E-state index contributed by atoms with van der Waals surface area (Å²) >= 11 is 1.45. The number of rotatable bonds is 3. The van der Waals surface area contributed by atoms with E-state index in [4.69, 9.17) is 4.74 Å². The Labute approximate surface area is 121 Å². The molecule has 1 aromatic heterocycles. The number of carbonyl (C=O) groups excluding carboxylic acids is 1. The van der Waals surface area contributed by atoms with Gasteiger partial charge in [-0.3, -0.25) is 4.79 Å². The van der Waals surface area contributed by atoms with Gasteiger partial charge in [-0.2, -0.15) is 0 Å². The average molecular weight is 291 g/mol. The van der Waals surface area contributed by atoms with E-state index in [1.54, 1.807) is 0 Å². The second kappa shape index (κ2) is 5.85. The van der Waals surface area contributed by atoms with E-state index >= 15 is 0 Å². The lowest BCUT2D eigenvalue weighted by Crippen LogP contribution is -2.45. The SMILES string of the molecule is C[C@@H]1CN(C(=O)CSc2nc3ccccc3[nH]2)CCO1. The highest BCUT2D eigenvalue weighted by atomic mass is 32.2. The summed E-state index contributed by atoms with van der Waals surface area (Å²) in [4.78, 5) is 21.7. The molecule has 0 bridgehead atoms. The maximum absolute atomic E-state index is 12.1. The molecule has 1 fully saturated rings. The number of para-hydroxylation sites is 2. The van der Waals surface area contributed by atoms with Crippen LogP contribution in [0.4, 0.5) is 0 Å². The van der Waals surface area contributed by atoms with E-state index in [1.165, 1.54) is 11.8 Å². The van der Waals surface area contributed by atoms with Gasteiger partial charge in [-0.1, -0.05) is 23.9 Å². The minimum atomic E-state index is 0.129. The molecule has 6 heteroatoms. The molecule has 1 aliphatic rings. The summed E-state index contributed by atoms with van der Waals surface area (Å²) < 4.78 is 5.44. The van der Waals surface area contributed by atoms with E-state index in [-0.39, 0.29) is 12.0 Å². The number of hydrogen-bond donors (Lipinski definition) is 1. The van der Waals surface area contributed by atoms with Crippen molar-refractivity contribution in [1.82, 2.24) is 14.9 Å². The molecule has 20 heavy (non-hydrogen) atoms. The summed E-state index contributed by atoms with van der Waals surface area (Å²) in [6.07, 6.45) is 0.129. The first-order valence-electron chi connectivity index (χ1n) is 6.69. The number of benzene rings is 1. The van der Waals surface area contributed by atoms with Crippen molar-refractivity contribution >= 4 is 28.7 Å². The van der Waals surface area contributed by atoms with Crippen LogP contribution in [-0.2, 0) is 9.53 Å². The van der Waals surface area contributed by atoms with Gasteiger partial charge in [-0.05, 0) is 19.1 Å². The van der Waals surface area contributed by atoms with E-state index in [9.17, 15) is 4.79 Å². The van der Waals surface area contributed by atoms with Crippen LogP contribution in [0.5, 0.6) is 0 Å². The van der Waals surface area contributed by atoms with Crippen LogP contribution in [0.3, 0.4) is 0 Å². The molecule has 0 spiro atoms. The number of nitrogens with zero attached hydrogens (tertiary/aromatic N) is 2. The summed E-state index contributed by atoms with van der Waals surface area (Å²) in [5, 5.41) is 0.792. The standard InChI is InChI=1S/C14H17N3O2S/c1-10-8-17(6-7-19-10)13(18)9-20-14-15-11-4-2-3-5-12(11)16-14/h2-5,10H,6-9H2,1H3,(H,15,16)/t10-/m1/s1. The Balaban J connectivity index is 1.59. The van der Waals surface area contributed by atoms with Gasteiger partial charge >= 0.3 is 0 Å². The van der Waals surface area contributed by atoms with Crippen LogP contribution in [0.25, 0.3) is 11.0 Å². The van der Waals surface area contributed by atoms with Crippen molar-refractivity contribution in [2.75, 3.05) is 25.4 Å². The van der Waals surface area contributed by atoms with Gasteiger partial charge in [0.25, 0.3) is 0 Å². The zero-order chi connectivity index (χ0) is 13.9. The second-order valence-electron chi connectivity index (χ2n) is 4.87. The third-order valence-corrected chi connectivity index (χ3v) is 4.15. The molecule has 1 amide bonds. The van der Waals surface area contributed by atoms with E-state index in [2.05, 4.69) is 9.97 Å². The normalized spacial score (nSPS) is 19.4. The lowest BCUT2D eigenvalue weighted by molar-refractivity contribution is -0.135. The number of amides is 1. The molecule has 106 valence electrons. The molecule has 3 rings (SSSR count). The molecule has 1 atom stereocenters. The van der Waals surface area contributed by atoms with Crippen molar-refractivity contribution in [2.45, 2.75) is 18.2 Å². The second-order valence-corrected chi connectivity index (χ2v) is 5.83. The zero-order valence-electron chi connectivity index (χ0n) is 11.3. The highest BCUT2D eigenvalue weighted by molar-refractivity contribution is 7.99. The van der Waals surface area contributed by atoms with Crippen LogP contribution < -0.4 is 0 Å². The molecule has 0 saturated carbocycles. The number of ether oxygens (including phenoxy) is 1. The van der Waals surface area contributed by atoms with Gasteiger partial charge in [0.2, 0.25) is 5.91 Å². The number of morpholine rings is 1. The third kappa shape index (κ3) is 2.96. The van der Waals surface area contributed by atoms with Crippen molar-refractivity contribution in [1.29, 1.82) is 0 Å². The minimum Gasteiger partial charge on any atom is -0.375 e. The highest BCUT2D eigenvalue weighted by Gasteiger charge is 2.21. The summed E-state index contributed by atoms with van der Waals surface area (Å²) in [6, 6.07) is 7.87. The van der Waals surface area contributed by atoms with E-state index in [0.717, 1.165) is 16.2 Å². The lowest BCUT2D eigenvalue weighted by Gasteiger charge is -2.31. The predicted molar refractivity (Wildman–Crippen MR) is 78.8 cm³/mol. The van der Waals surface area contributed by atoms with Crippen molar-refractivity contribution in [3.05, 3.63) is 24.3 Å². The molecule has 1 saturated heterocycles. The quantitative estimate of drug-likeness (QED) is 0.878. The lowest BCUT2D eigenvalue weighted by atomic mass is 10.3. The number of aromatic nitrogens is 2. The van der Waals surface area contributed by atoms with Crippen LogP contribution >= 0.6 is 11.8 Å². The van der Waals surface area contributed by atoms with Gasteiger partial charge in [0.05, 0.1) is 29.5 Å². The van der Waals surface area contributed by atoms with Crippen LogP contribution in [0, 0.1) is 0 Å². The average Bonchev–Trinajstić information content (AvgIpc) is 2.87. The zero-order valence-corrected chi connectivity index (χ0v) is 12.2. The largest absolute Gasteiger partial charge is 0.375 e. The minimum absolute atomic E-state index is 0.129. The monoisotopic (exact) mass is 291 g/mol. The molecule has 0 unspecified atom stereocenters. The fourth-order valence-corrected chi connectivity index (χ4v) is 3.05. The molecule has 2 aromatic rings. The van der Waals surface area contributed by atoms with Gasteiger partial charge < -0.3 is 14.6 Å². The van der Waals surface area contributed by atoms with Crippen molar-refractivity contribution in [3.63, 3.8) is 0 Å². The summed E-state index contributed by atoms with van der Waals surface area (Å²) in [5.41, 5.74) is 1.94. The highest BCUT2D eigenvalue weighted by Crippen LogP contribution is 2.19. The Morgan fingerprint density at radius 1 is 1.55 bits per heavy atom. The Kier molecular flexibility index (Phi) is 3.93. The number of H-pyrrole nitrogens is 1. The molecule has 0 aliphatic carbocycles. The first-order chi connectivity index (χ1) is 9.72. The van der Waals surface area contributed by atoms with Crippen molar-refractivity contribution < 1.29 is 9.53 Å². The van der Waals surface area contributed by atoms with Crippen LogP contribution in [0.1, 0.15) is 6.92 Å². The van der Waals surface area contributed by atoms with Gasteiger partial charge in [0, 0.05) is 13.1 Å². The number of thioether (sulfide) groups is 1. The first-order valence-corrected chi connectivity index (χ1v) is 7.68. The Morgan fingerprint density at radius 2 is 2.40 bits per heavy atom. The van der Waals surface area contributed by atoms with Crippen LogP contribution in [-0.4, -0.2) is 52.3 Å². The van der Waals surface area contributed by atoms with Gasteiger partial charge in [-0.25, -0.2) is 4.98 Å². The van der Waals surface area contributed by atoms with Crippen LogP contribution in [0.2, 0.25) is 0 Å². The maximum Gasteiger partial charge on any atom is 0.233 e. The van der Waals surface area contributed by atoms with Crippen molar-refractivity contribution in [3.8, 4) is 0 Å². The molecule has 1 N–H and O–H groups in total. The van der Waals surface area contributed by atoms with Gasteiger partial charge in [0.1, 0.15) is 0 Å². The molecule has 1 aromatic carbocycles. The smallest absolute Gasteiger partial charge is 0.233 e. The fraction of sp³-hybridized carbons (Fsp3) is 0.429. The molecule has 5 nitrogen and oxygen atoms in total.